The molecule has 5 aromatic rings. The van der Waals surface area contributed by atoms with E-state index in [0.717, 1.165) is 23.1 Å². The van der Waals surface area contributed by atoms with Crippen molar-refractivity contribution in [2.45, 2.75) is 52.2 Å². The van der Waals surface area contributed by atoms with Crippen LogP contribution in [0.25, 0.3) is 10.9 Å². The molecule has 0 amide bonds. The zero-order chi connectivity index (χ0) is 27.4. The second-order valence-electron chi connectivity index (χ2n) is 10.5. The van der Waals surface area contributed by atoms with Crippen LogP contribution < -0.4 is 10.3 Å². The summed E-state index contributed by atoms with van der Waals surface area (Å²) in [5.41, 5.74) is 2.06. The Morgan fingerprint density at radius 2 is 1.90 bits per heavy atom. The highest BCUT2D eigenvalue weighted by Gasteiger charge is 2.33. The van der Waals surface area contributed by atoms with E-state index in [0.29, 0.717) is 31.1 Å². The predicted molar refractivity (Wildman–Crippen MR) is 155 cm³/mol. The van der Waals surface area contributed by atoms with Crippen LogP contribution in [0.5, 0.6) is 5.75 Å². The van der Waals surface area contributed by atoms with Crippen molar-refractivity contribution in [1.82, 2.24) is 30.1 Å². The van der Waals surface area contributed by atoms with Crippen LogP contribution in [0.15, 0.2) is 76.9 Å². The Hall–Kier alpha value is -3.82. The Bertz CT molecular complexity index is 1570. The van der Waals surface area contributed by atoms with E-state index in [2.05, 4.69) is 88.0 Å². The van der Waals surface area contributed by atoms with Gasteiger partial charge >= 0.3 is 0 Å². The summed E-state index contributed by atoms with van der Waals surface area (Å²) < 4.78 is 7.58. The summed E-state index contributed by atoms with van der Waals surface area (Å²) in [7, 11) is 0. The van der Waals surface area contributed by atoms with Crippen LogP contribution in [0.2, 0.25) is 0 Å². The van der Waals surface area contributed by atoms with E-state index in [1.807, 2.05) is 41.9 Å². The predicted octanol–water partition coefficient (Wildman–Crippen LogP) is 5.56. The molecule has 0 spiro atoms. The number of rotatable bonds is 10. The summed E-state index contributed by atoms with van der Waals surface area (Å²) in [6.45, 7) is 10.1. The van der Waals surface area contributed by atoms with Crippen LogP contribution in [-0.2, 0) is 18.5 Å². The van der Waals surface area contributed by atoms with E-state index in [4.69, 9.17) is 4.74 Å². The third-order valence-electron chi connectivity index (χ3n) is 6.66. The van der Waals surface area contributed by atoms with Crippen LogP contribution in [0.3, 0.4) is 0 Å². The number of aromatic amines is 1. The summed E-state index contributed by atoms with van der Waals surface area (Å²) in [5.74, 6) is 1.40. The fourth-order valence-corrected chi connectivity index (χ4v) is 5.55. The Kier molecular flexibility index (Phi) is 7.90. The number of benzene rings is 2. The SMILES string of the molecule is CCOc1ccc2[nH]c(=O)c([C@@H](c3nnnn3C(C)(C)C)N(CCc3ccccc3)Cc3cccs3)cc2c1. The van der Waals surface area contributed by atoms with Gasteiger partial charge in [0.05, 0.1) is 12.1 Å². The van der Waals surface area contributed by atoms with Gasteiger partial charge in [0.25, 0.3) is 5.56 Å². The van der Waals surface area contributed by atoms with Gasteiger partial charge in [-0.15, -0.1) is 16.4 Å². The lowest BCUT2D eigenvalue weighted by atomic mass is 10.0. The molecule has 1 N–H and O–H groups in total. The summed E-state index contributed by atoms with van der Waals surface area (Å²) in [5, 5.41) is 15.9. The maximum Gasteiger partial charge on any atom is 0.253 e. The van der Waals surface area contributed by atoms with Crippen molar-refractivity contribution in [3.05, 3.63) is 104 Å². The summed E-state index contributed by atoms with van der Waals surface area (Å²) >= 11 is 1.70. The molecule has 0 saturated heterocycles. The van der Waals surface area contributed by atoms with Gasteiger partial charge in [-0.3, -0.25) is 9.69 Å². The third kappa shape index (κ3) is 6.10. The van der Waals surface area contributed by atoms with Gasteiger partial charge in [0.2, 0.25) is 0 Å². The average molecular weight is 543 g/mol. The van der Waals surface area contributed by atoms with Crippen LogP contribution in [0.4, 0.5) is 0 Å². The monoisotopic (exact) mass is 542 g/mol. The molecule has 3 aromatic heterocycles. The van der Waals surface area contributed by atoms with Crippen LogP contribution in [0.1, 0.15) is 55.6 Å². The number of aromatic nitrogens is 5. The normalized spacial score (nSPS) is 12.7. The van der Waals surface area contributed by atoms with E-state index in [-0.39, 0.29) is 11.1 Å². The smallest absolute Gasteiger partial charge is 0.253 e. The Balaban J connectivity index is 1.67. The lowest BCUT2D eigenvalue weighted by Gasteiger charge is -2.32. The fraction of sp³-hybridized carbons (Fsp3) is 0.333. The standard InChI is InChI=1S/C30H34N6O2S/c1-5-38-23-13-14-26-22(18-23)19-25(29(37)31-26)27(28-32-33-34-36(28)30(2,3)4)35(20-24-12-9-17-39-24)16-15-21-10-7-6-8-11-21/h6-14,17-19,27H,5,15-16,20H2,1-4H3,(H,31,37)/t27-/m0/s1. The van der Waals surface area contributed by atoms with Gasteiger partial charge in [-0.1, -0.05) is 36.4 Å². The number of nitrogens with zero attached hydrogens (tertiary/aromatic N) is 5. The highest BCUT2D eigenvalue weighted by Crippen LogP contribution is 2.32. The van der Waals surface area contributed by atoms with Crippen molar-refractivity contribution in [2.24, 2.45) is 0 Å². The van der Waals surface area contributed by atoms with E-state index < -0.39 is 6.04 Å². The molecule has 8 nitrogen and oxygen atoms in total. The van der Waals surface area contributed by atoms with Gasteiger partial charge in [-0.2, -0.15) is 0 Å². The average Bonchev–Trinajstić information content (AvgIpc) is 3.61. The van der Waals surface area contributed by atoms with Gasteiger partial charge in [-0.05, 0) is 85.8 Å². The topological polar surface area (TPSA) is 88.9 Å². The summed E-state index contributed by atoms with van der Waals surface area (Å²) in [6.07, 6.45) is 0.819. The highest BCUT2D eigenvalue weighted by molar-refractivity contribution is 7.09. The molecule has 1 atom stereocenters. The maximum absolute atomic E-state index is 13.7. The summed E-state index contributed by atoms with van der Waals surface area (Å²) in [6, 6.07) is 21.8. The molecule has 202 valence electrons. The molecule has 5 rings (SSSR count). The fourth-order valence-electron chi connectivity index (χ4n) is 4.82. The first-order chi connectivity index (χ1) is 18.8. The number of ether oxygens (including phenoxy) is 1. The molecule has 0 aliphatic rings. The molecule has 0 aliphatic heterocycles. The minimum atomic E-state index is -0.478. The molecule has 0 bridgehead atoms. The number of hydrogen-bond donors (Lipinski definition) is 1. The number of hydrogen-bond acceptors (Lipinski definition) is 7. The molecule has 0 saturated carbocycles. The maximum atomic E-state index is 13.7. The van der Waals surface area contributed by atoms with Gasteiger partial charge in [0, 0.05) is 34.4 Å². The van der Waals surface area contributed by atoms with Crippen molar-refractivity contribution in [3.63, 3.8) is 0 Å². The van der Waals surface area contributed by atoms with Gasteiger partial charge in [-0.25, -0.2) is 4.68 Å². The van der Waals surface area contributed by atoms with Crippen molar-refractivity contribution < 1.29 is 4.74 Å². The first kappa shape index (κ1) is 26.8. The quantitative estimate of drug-likeness (QED) is 0.248. The summed E-state index contributed by atoms with van der Waals surface area (Å²) in [4.78, 5) is 20.4. The second-order valence-corrected chi connectivity index (χ2v) is 11.6. The number of thiophene rings is 1. The van der Waals surface area contributed by atoms with E-state index in [9.17, 15) is 4.79 Å². The molecule has 39 heavy (non-hydrogen) atoms. The molecule has 0 unspecified atom stereocenters. The zero-order valence-electron chi connectivity index (χ0n) is 22.8. The molecule has 0 aliphatic carbocycles. The molecular weight excluding hydrogens is 508 g/mol. The third-order valence-corrected chi connectivity index (χ3v) is 7.52. The first-order valence-electron chi connectivity index (χ1n) is 13.2. The lowest BCUT2D eigenvalue weighted by molar-refractivity contribution is 0.196. The number of fused-ring (bicyclic) bond motifs is 1. The molecule has 0 fully saturated rings. The van der Waals surface area contributed by atoms with Gasteiger partial charge in [0.15, 0.2) is 5.82 Å². The van der Waals surface area contributed by atoms with E-state index in [1.54, 1.807) is 11.3 Å². The van der Waals surface area contributed by atoms with Crippen molar-refractivity contribution in [3.8, 4) is 5.75 Å². The Morgan fingerprint density at radius 1 is 1.08 bits per heavy atom. The van der Waals surface area contributed by atoms with Crippen molar-refractivity contribution in [1.29, 1.82) is 0 Å². The molecule has 0 radical (unpaired) electrons. The molecule has 9 heteroatoms. The highest BCUT2D eigenvalue weighted by atomic mass is 32.1. The lowest BCUT2D eigenvalue weighted by Crippen LogP contribution is -2.38. The van der Waals surface area contributed by atoms with Crippen molar-refractivity contribution in [2.75, 3.05) is 13.2 Å². The Labute approximate surface area is 232 Å². The van der Waals surface area contributed by atoms with Crippen LogP contribution in [-0.4, -0.2) is 43.2 Å². The molecule has 2 aromatic carbocycles. The second kappa shape index (κ2) is 11.5. The molecular formula is C30H34N6O2S. The zero-order valence-corrected chi connectivity index (χ0v) is 23.6. The number of H-pyrrole nitrogens is 1. The van der Waals surface area contributed by atoms with Crippen molar-refractivity contribution >= 4 is 22.2 Å². The Morgan fingerprint density at radius 3 is 2.62 bits per heavy atom. The molecule has 3 heterocycles. The minimum absolute atomic E-state index is 0.156. The number of nitrogens with one attached hydrogen (secondary N) is 1. The van der Waals surface area contributed by atoms with Gasteiger partial charge < -0.3 is 9.72 Å². The largest absolute Gasteiger partial charge is 0.494 e. The number of tetrazole rings is 1. The number of pyridine rings is 1. The van der Waals surface area contributed by atoms with E-state index >= 15 is 0 Å². The van der Waals surface area contributed by atoms with Crippen LogP contribution >= 0.6 is 11.3 Å². The minimum Gasteiger partial charge on any atom is -0.494 e. The van der Waals surface area contributed by atoms with Gasteiger partial charge in [0.1, 0.15) is 11.8 Å². The first-order valence-corrected chi connectivity index (χ1v) is 14.1. The van der Waals surface area contributed by atoms with E-state index in [1.165, 1.54) is 10.4 Å². The van der Waals surface area contributed by atoms with Crippen LogP contribution in [0, 0.1) is 0 Å².